The average Bonchev–Trinajstić information content (AvgIpc) is 3.15. The Balaban J connectivity index is 1.52. The van der Waals surface area contributed by atoms with E-state index in [-0.39, 0.29) is 18.2 Å². The summed E-state index contributed by atoms with van der Waals surface area (Å²) in [6, 6.07) is 11.0. The Kier molecular flexibility index (Phi) is 5.70. The van der Waals surface area contributed by atoms with Gasteiger partial charge in [-0.3, -0.25) is 25.4 Å². The van der Waals surface area contributed by atoms with Gasteiger partial charge in [0.15, 0.2) is 0 Å². The second kappa shape index (κ2) is 8.35. The number of aromatic nitrogens is 2. The molecule has 26 heavy (non-hydrogen) atoms. The summed E-state index contributed by atoms with van der Waals surface area (Å²) in [6.45, 7) is 2.05. The molecule has 0 aliphatic heterocycles. The van der Waals surface area contributed by atoms with Crippen LogP contribution < -0.4 is 10.9 Å². The van der Waals surface area contributed by atoms with Crippen molar-refractivity contribution in [2.45, 2.75) is 19.8 Å². The second-order valence-electron chi connectivity index (χ2n) is 5.62. The third-order valence-corrected chi connectivity index (χ3v) is 4.68. The minimum Gasteiger partial charge on any atom is -0.273 e. The monoisotopic (exact) mass is 366 g/mol. The minimum absolute atomic E-state index is 0.0891. The van der Waals surface area contributed by atoms with Gasteiger partial charge in [-0.1, -0.05) is 19.1 Å². The van der Waals surface area contributed by atoms with Gasteiger partial charge in [-0.2, -0.15) is 0 Å². The zero-order valence-electron chi connectivity index (χ0n) is 14.2. The zero-order valence-corrected chi connectivity index (χ0v) is 15.0. The van der Waals surface area contributed by atoms with Crippen molar-refractivity contribution in [1.82, 2.24) is 20.8 Å². The SMILES string of the molecule is CCc1ccc(C(=O)NNC(=O)Cc2csc(-c3cccnc3)n2)cc1. The van der Waals surface area contributed by atoms with Crippen molar-refractivity contribution < 1.29 is 9.59 Å². The van der Waals surface area contributed by atoms with Crippen LogP contribution in [0.3, 0.4) is 0 Å². The highest BCUT2D eigenvalue weighted by molar-refractivity contribution is 7.13. The molecule has 0 aliphatic rings. The Bertz CT molecular complexity index is 891. The molecule has 2 N–H and O–H groups in total. The molecular formula is C19H18N4O2S. The van der Waals surface area contributed by atoms with Gasteiger partial charge < -0.3 is 0 Å². The van der Waals surface area contributed by atoms with Crippen molar-refractivity contribution in [3.8, 4) is 10.6 Å². The number of hydrogen-bond acceptors (Lipinski definition) is 5. The maximum atomic E-state index is 12.0. The van der Waals surface area contributed by atoms with Crippen LogP contribution in [0.4, 0.5) is 0 Å². The van der Waals surface area contributed by atoms with Crippen molar-refractivity contribution in [2.24, 2.45) is 0 Å². The van der Waals surface area contributed by atoms with Gasteiger partial charge in [0.2, 0.25) is 5.91 Å². The quantitative estimate of drug-likeness (QED) is 0.680. The molecule has 0 spiro atoms. The number of pyridine rings is 1. The Morgan fingerprint density at radius 1 is 1.12 bits per heavy atom. The molecule has 3 aromatic rings. The van der Waals surface area contributed by atoms with Gasteiger partial charge in [-0.25, -0.2) is 4.98 Å². The van der Waals surface area contributed by atoms with E-state index in [1.165, 1.54) is 11.3 Å². The number of amides is 2. The molecule has 0 saturated heterocycles. The molecule has 6 nitrogen and oxygen atoms in total. The molecular weight excluding hydrogens is 348 g/mol. The number of aryl methyl sites for hydroxylation is 1. The normalized spacial score (nSPS) is 10.3. The predicted molar refractivity (Wildman–Crippen MR) is 100 cm³/mol. The highest BCUT2D eigenvalue weighted by Crippen LogP contribution is 2.22. The standard InChI is InChI=1S/C19H18N4O2S/c1-2-13-5-7-14(8-6-13)18(25)23-22-17(24)10-16-12-26-19(21-16)15-4-3-9-20-11-15/h3-9,11-12H,2,10H2,1H3,(H,22,24)(H,23,25). The first kappa shape index (κ1) is 17.8. The summed E-state index contributed by atoms with van der Waals surface area (Å²) in [5.74, 6) is -0.679. The summed E-state index contributed by atoms with van der Waals surface area (Å²) in [4.78, 5) is 32.6. The summed E-state index contributed by atoms with van der Waals surface area (Å²) in [6.07, 6.45) is 4.43. The number of rotatable bonds is 5. The number of carbonyl (C=O) groups is 2. The van der Waals surface area contributed by atoms with Crippen LogP contribution in [0.2, 0.25) is 0 Å². The number of hydrogen-bond donors (Lipinski definition) is 2. The van der Waals surface area contributed by atoms with Gasteiger partial charge in [0, 0.05) is 28.9 Å². The largest absolute Gasteiger partial charge is 0.273 e. The molecule has 1 aromatic carbocycles. The highest BCUT2D eigenvalue weighted by Gasteiger charge is 2.11. The molecule has 2 amide bonds. The zero-order chi connectivity index (χ0) is 18.4. The number of nitrogens with zero attached hydrogens (tertiary/aromatic N) is 2. The molecule has 0 saturated carbocycles. The van der Waals surface area contributed by atoms with Gasteiger partial charge >= 0.3 is 0 Å². The number of thiazole rings is 1. The summed E-state index contributed by atoms with van der Waals surface area (Å²) >= 11 is 1.45. The molecule has 0 unspecified atom stereocenters. The van der Waals surface area contributed by atoms with Crippen molar-refractivity contribution in [1.29, 1.82) is 0 Å². The van der Waals surface area contributed by atoms with Crippen LogP contribution in [0, 0.1) is 0 Å². The van der Waals surface area contributed by atoms with E-state index >= 15 is 0 Å². The highest BCUT2D eigenvalue weighted by atomic mass is 32.1. The van der Waals surface area contributed by atoms with Gasteiger partial charge in [-0.05, 0) is 36.2 Å². The Labute approximate surface area is 155 Å². The third-order valence-electron chi connectivity index (χ3n) is 3.74. The molecule has 0 bridgehead atoms. The Hall–Kier alpha value is -3.06. The predicted octanol–water partition coefficient (Wildman–Crippen LogP) is 2.77. The second-order valence-corrected chi connectivity index (χ2v) is 6.47. The van der Waals surface area contributed by atoms with Crippen LogP contribution in [-0.2, 0) is 17.6 Å². The summed E-state index contributed by atoms with van der Waals surface area (Å²) in [7, 11) is 0. The maximum absolute atomic E-state index is 12.0. The molecule has 0 aliphatic carbocycles. The van der Waals surface area contributed by atoms with Crippen molar-refractivity contribution in [2.75, 3.05) is 0 Å². The van der Waals surface area contributed by atoms with Crippen LogP contribution in [0.15, 0.2) is 54.2 Å². The lowest BCUT2D eigenvalue weighted by Crippen LogP contribution is -2.42. The number of carbonyl (C=O) groups excluding carboxylic acids is 2. The molecule has 0 atom stereocenters. The van der Waals surface area contributed by atoms with E-state index < -0.39 is 0 Å². The van der Waals surface area contributed by atoms with E-state index in [9.17, 15) is 9.59 Å². The Morgan fingerprint density at radius 3 is 2.62 bits per heavy atom. The fourth-order valence-corrected chi connectivity index (χ4v) is 3.12. The first-order valence-electron chi connectivity index (χ1n) is 8.18. The average molecular weight is 366 g/mol. The lowest BCUT2D eigenvalue weighted by molar-refractivity contribution is -0.121. The first-order valence-corrected chi connectivity index (χ1v) is 9.06. The van der Waals surface area contributed by atoms with Gasteiger partial charge in [0.05, 0.1) is 12.1 Å². The number of benzene rings is 1. The van der Waals surface area contributed by atoms with E-state index in [0.717, 1.165) is 22.6 Å². The van der Waals surface area contributed by atoms with E-state index in [1.54, 1.807) is 24.5 Å². The summed E-state index contributed by atoms with van der Waals surface area (Å²) in [5, 5.41) is 2.63. The molecule has 132 valence electrons. The smallest absolute Gasteiger partial charge is 0.269 e. The lowest BCUT2D eigenvalue weighted by atomic mass is 10.1. The van der Waals surface area contributed by atoms with Crippen LogP contribution in [0.25, 0.3) is 10.6 Å². The van der Waals surface area contributed by atoms with E-state index in [1.807, 2.05) is 36.6 Å². The molecule has 0 fully saturated rings. The van der Waals surface area contributed by atoms with Gasteiger partial charge in [-0.15, -0.1) is 11.3 Å². The lowest BCUT2D eigenvalue weighted by Gasteiger charge is -2.07. The molecule has 2 heterocycles. The fraction of sp³-hybridized carbons (Fsp3) is 0.158. The van der Waals surface area contributed by atoms with E-state index in [2.05, 4.69) is 20.8 Å². The van der Waals surface area contributed by atoms with Crippen LogP contribution in [-0.4, -0.2) is 21.8 Å². The molecule has 3 rings (SSSR count). The van der Waals surface area contributed by atoms with Crippen molar-refractivity contribution in [3.05, 3.63) is 71.0 Å². The number of nitrogens with one attached hydrogen (secondary N) is 2. The molecule has 7 heteroatoms. The maximum Gasteiger partial charge on any atom is 0.269 e. The molecule has 0 radical (unpaired) electrons. The van der Waals surface area contributed by atoms with Crippen LogP contribution in [0.1, 0.15) is 28.5 Å². The first-order chi connectivity index (χ1) is 12.7. The van der Waals surface area contributed by atoms with Gasteiger partial charge in [0.1, 0.15) is 5.01 Å². The molecule has 2 aromatic heterocycles. The van der Waals surface area contributed by atoms with E-state index in [4.69, 9.17) is 0 Å². The van der Waals surface area contributed by atoms with Crippen LogP contribution in [0.5, 0.6) is 0 Å². The van der Waals surface area contributed by atoms with Gasteiger partial charge in [0.25, 0.3) is 5.91 Å². The summed E-state index contributed by atoms with van der Waals surface area (Å²) < 4.78 is 0. The van der Waals surface area contributed by atoms with E-state index in [0.29, 0.717) is 11.3 Å². The summed E-state index contributed by atoms with van der Waals surface area (Å²) in [5.41, 5.74) is 8.05. The number of hydrazine groups is 1. The topological polar surface area (TPSA) is 84.0 Å². The third kappa shape index (κ3) is 4.52. The van der Waals surface area contributed by atoms with Crippen molar-refractivity contribution >= 4 is 23.2 Å². The van der Waals surface area contributed by atoms with Crippen LogP contribution >= 0.6 is 11.3 Å². The fourth-order valence-electron chi connectivity index (χ4n) is 2.31. The minimum atomic E-state index is -0.352. The Morgan fingerprint density at radius 2 is 1.92 bits per heavy atom. The van der Waals surface area contributed by atoms with Crippen molar-refractivity contribution in [3.63, 3.8) is 0 Å².